The molecule has 1 aliphatic rings. The number of nitrogens with one attached hydrogen (secondary N) is 2. The minimum atomic E-state index is -0.171. The van der Waals surface area contributed by atoms with Gasteiger partial charge in [0, 0.05) is 0 Å². The van der Waals surface area contributed by atoms with Gasteiger partial charge in [-0.3, -0.25) is 4.79 Å². The van der Waals surface area contributed by atoms with Gasteiger partial charge in [0.25, 0.3) is 0 Å². The van der Waals surface area contributed by atoms with Gasteiger partial charge in [0.05, 0.1) is 5.70 Å². The van der Waals surface area contributed by atoms with Crippen molar-refractivity contribution in [3.63, 3.8) is 0 Å². The summed E-state index contributed by atoms with van der Waals surface area (Å²) in [5.41, 5.74) is 3.24. The summed E-state index contributed by atoms with van der Waals surface area (Å²) >= 11 is 6.96. The molecule has 1 atom stereocenters. The second-order valence-corrected chi connectivity index (χ2v) is 5.01. The number of aryl methyl sites for hydroxylation is 1. The lowest BCUT2D eigenvalue weighted by Crippen LogP contribution is -2.40. The molecule has 1 aromatic carbocycles. The van der Waals surface area contributed by atoms with Gasteiger partial charge in [-0.15, -0.1) is 11.6 Å². The van der Waals surface area contributed by atoms with E-state index in [0.717, 1.165) is 11.3 Å². The molecule has 0 radical (unpaired) electrons. The highest BCUT2D eigenvalue weighted by atomic mass is 35.5. The van der Waals surface area contributed by atoms with E-state index in [-0.39, 0.29) is 17.3 Å². The number of hydrogen-bond donors (Lipinski definition) is 2. The minimum absolute atomic E-state index is 0.0153. The Morgan fingerprint density at radius 1 is 1.47 bits per heavy atom. The fraction of sp³-hybridized carbons (Fsp3) is 0.250. The van der Waals surface area contributed by atoms with E-state index < -0.39 is 0 Å². The van der Waals surface area contributed by atoms with Gasteiger partial charge in [0.2, 0.25) is 5.91 Å². The molecule has 5 heteroatoms. The third-order valence-electron chi connectivity index (χ3n) is 2.38. The van der Waals surface area contributed by atoms with Crippen molar-refractivity contribution in [3.05, 3.63) is 40.8 Å². The van der Waals surface area contributed by atoms with Crippen molar-refractivity contribution in [2.45, 2.75) is 12.4 Å². The zero-order chi connectivity index (χ0) is 12.3. The van der Waals surface area contributed by atoms with Crippen LogP contribution in [0.25, 0.3) is 5.70 Å². The van der Waals surface area contributed by atoms with Gasteiger partial charge in [0.15, 0.2) is 5.50 Å². The number of alkyl halides is 1. The predicted octanol–water partition coefficient (Wildman–Crippen LogP) is 2.27. The molecule has 2 rings (SSSR count). The molecule has 0 spiro atoms. The molecule has 1 unspecified atom stereocenters. The largest absolute Gasteiger partial charge is 0.356 e. The van der Waals surface area contributed by atoms with Crippen LogP contribution in [0.1, 0.15) is 11.1 Å². The number of benzene rings is 1. The highest BCUT2D eigenvalue weighted by Crippen LogP contribution is 2.25. The molecule has 0 bridgehead atoms. The van der Waals surface area contributed by atoms with E-state index in [2.05, 4.69) is 41.8 Å². The molecule has 0 saturated heterocycles. The lowest BCUT2D eigenvalue weighted by Gasteiger charge is -2.14. The Bertz CT molecular complexity index is 444. The first-order valence-corrected chi connectivity index (χ1v) is 6.71. The normalized spacial score (nSPS) is 18.5. The lowest BCUT2D eigenvalue weighted by atomic mass is 10.1. The molecule has 3 nitrogen and oxygen atoms in total. The van der Waals surface area contributed by atoms with Crippen LogP contribution in [0.5, 0.6) is 0 Å². The first-order chi connectivity index (χ1) is 8.19. The number of hydrogen-bond acceptors (Lipinski definition) is 3. The summed E-state index contributed by atoms with van der Waals surface area (Å²) in [5, 5.41) is 8.00. The summed E-state index contributed by atoms with van der Waals surface area (Å²) in [4.78, 5) is 11.1. The van der Waals surface area contributed by atoms with Crippen LogP contribution in [0.4, 0.5) is 0 Å². The first kappa shape index (κ1) is 12.3. The topological polar surface area (TPSA) is 41.1 Å². The molecule has 1 heterocycles. The van der Waals surface area contributed by atoms with Crippen molar-refractivity contribution in [1.29, 1.82) is 0 Å². The van der Waals surface area contributed by atoms with E-state index in [1.807, 2.05) is 5.41 Å². The van der Waals surface area contributed by atoms with Crippen LogP contribution >= 0.6 is 23.4 Å². The minimum Gasteiger partial charge on any atom is -0.356 e. The molecule has 0 aliphatic carbocycles. The maximum Gasteiger partial charge on any atom is 0.237 e. The molecule has 1 amide bonds. The van der Waals surface area contributed by atoms with Crippen molar-refractivity contribution >= 4 is 35.0 Å². The summed E-state index contributed by atoms with van der Waals surface area (Å²) in [7, 11) is 0. The van der Waals surface area contributed by atoms with Gasteiger partial charge in [-0.25, -0.2) is 0 Å². The lowest BCUT2D eigenvalue weighted by molar-refractivity contribution is -0.118. The number of halogens is 1. The van der Waals surface area contributed by atoms with Crippen molar-refractivity contribution in [2.75, 3.05) is 5.88 Å². The van der Waals surface area contributed by atoms with E-state index in [0.29, 0.717) is 0 Å². The summed E-state index contributed by atoms with van der Waals surface area (Å²) < 4.78 is 0. The Morgan fingerprint density at radius 3 is 2.82 bits per heavy atom. The van der Waals surface area contributed by atoms with Crippen LogP contribution in [-0.4, -0.2) is 17.3 Å². The van der Waals surface area contributed by atoms with Crippen LogP contribution in [0.15, 0.2) is 29.7 Å². The third kappa shape index (κ3) is 3.17. The zero-order valence-electron chi connectivity index (χ0n) is 9.37. The van der Waals surface area contributed by atoms with E-state index in [4.69, 9.17) is 11.6 Å². The third-order valence-corrected chi connectivity index (χ3v) is 3.51. The SMILES string of the molecule is Cc1ccc(C2=CSC(NC(=O)CCl)N2)cc1. The molecular weight excluding hydrogens is 256 g/mol. The van der Waals surface area contributed by atoms with Crippen molar-refractivity contribution in [3.8, 4) is 0 Å². The summed E-state index contributed by atoms with van der Waals surface area (Å²) in [6.45, 7) is 2.05. The van der Waals surface area contributed by atoms with Crippen molar-refractivity contribution < 1.29 is 4.79 Å². The molecule has 2 N–H and O–H groups in total. The Hall–Kier alpha value is -1.13. The van der Waals surface area contributed by atoms with E-state index in [9.17, 15) is 4.79 Å². The van der Waals surface area contributed by atoms with Crippen molar-refractivity contribution in [1.82, 2.24) is 10.6 Å². The van der Waals surface area contributed by atoms with Gasteiger partial charge in [0.1, 0.15) is 5.88 Å². The molecule has 17 heavy (non-hydrogen) atoms. The first-order valence-electron chi connectivity index (χ1n) is 5.23. The molecule has 0 saturated carbocycles. The maximum absolute atomic E-state index is 11.1. The van der Waals surface area contributed by atoms with Crippen LogP contribution in [0.2, 0.25) is 0 Å². The fourth-order valence-electron chi connectivity index (χ4n) is 1.48. The average molecular weight is 269 g/mol. The van der Waals surface area contributed by atoms with Gasteiger partial charge < -0.3 is 10.6 Å². The number of rotatable bonds is 3. The van der Waals surface area contributed by atoms with E-state index in [1.165, 1.54) is 17.3 Å². The standard InChI is InChI=1S/C12H13ClN2OS/c1-8-2-4-9(5-3-8)10-7-17-12(14-10)15-11(16)6-13/h2-5,7,12,14H,6H2,1H3,(H,15,16). The highest BCUT2D eigenvalue weighted by Gasteiger charge is 2.18. The summed E-state index contributed by atoms with van der Waals surface area (Å²) in [6.07, 6.45) is 0. The predicted molar refractivity (Wildman–Crippen MR) is 72.5 cm³/mol. The zero-order valence-corrected chi connectivity index (χ0v) is 10.9. The molecule has 1 aromatic rings. The van der Waals surface area contributed by atoms with Gasteiger partial charge >= 0.3 is 0 Å². The number of amides is 1. The van der Waals surface area contributed by atoms with Gasteiger partial charge in [-0.05, 0) is 17.9 Å². The quantitative estimate of drug-likeness (QED) is 0.827. The molecule has 90 valence electrons. The molecule has 0 fully saturated rings. The number of carbonyl (C=O) groups excluding carboxylic acids is 1. The van der Waals surface area contributed by atoms with E-state index in [1.54, 1.807) is 0 Å². The van der Waals surface area contributed by atoms with Crippen LogP contribution in [-0.2, 0) is 4.79 Å². The Morgan fingerprint density at radius 2 is 2.18 bits per heavy atom. The number of thioether (sulfide) groups is 1. The van der Waals surface area contributed by atoms with Crippen LogP contribution in [0.3, 0.4) is 0 Å². The summed E-state index contributed by atoms with van der Waals surface area (Å²) in [6, 6.07) is 8.24. The van der Waals surface area contributed by atoms with Crippen LogP contribution in [0, 0.1) is 6.92 Å². The highest BCUT2D eigenvalue weighted by molar-refractivity contribution is 8.03. The van der Waals surface area contributed by atoms with Gasteiger partial charge in [-0.1, -0.05) is 41.6 Å². The van der Waals surface area contributed by atoms with Crippen molar-refractivity contribution in [2.24, 2.45) is 0 Å². The Balaban J connectivity index is 1.97. The molecular formula is C12H13ClN2OS. The fourth-order valence-corrected chi connectivity index (χ4v) is 2.43. The summed E-state index contributed by atoms with van der Waals surface area (Å²) in [5.74, 6) is -0.186. The average Bonchev–Trinajstić information content (AvgIpc) is 2.78. The monoisotopic (exact) mass is 268 g/mol. The Kier molecular flexibility index (Phi) is 3.97. The smallest absolute Gasteiger partial charge is 0.237 e. The Labute approximate surface area is 110 Å². The number of carbonyl (C=O) groups is 1. The second kappa shape index (κ2) is 5.47. The van der Waals surface area contributed by atoms with Gasteiger partial charge in [-0.2, -0.15) is 0 Å². The maximum atomic E-state index is 11.1. The molecule has 0 aromatic heterocycles. The van der Waals surface area contributed by atoms with E-state index >= 15 is 0 Å². The molecule has 1 aliphatic heterocycles. The van der Waals surface area contributed by atoms with Crippen LogP contribution < -0.4 is 10.6 Å². The second-order valence-electron chi connectivity index (χ2n) is 3.76.